The van der Waals surface area contributed by atoms with Crippen molar-refractivity contribution in [2.45, 2.75) is 0 Å². The molecule has 0 aliphatic carbocycles. The van der Waals surface area contributed by atoms with Crippen LogP contribution in [0.2, 0.25) is 0 Å². The summed E-state index contributed by atoms with van der Waals surface area (Å²) in [7, 11) is 0. The number of nitrogens with zero attached hydrogens (tertiary/aromatic N) is 4. The van der Waals surface area contributed by atoms with E-state index in [0.29, 0.717) is 17.2 Å². The number of rotatable bonds is 2. The molecule has 0 spiro atoms. The average molecular weight is 328 g/mol. The van der Waals surface area contributed by atoms with E-state index >= 15 is 0 Å². The molecular weight excluding hydrogens is 316 g/mol. The van der Waals surface area contributed by atoms with Gasteiger partial charge in [0.15, 0.2) is 11.5 Å². The van der Waals surface area contributed by atoms with Gasteiger partial charge >= 0.3 is 5.69 Å². The lowest BCUT2D eigenvalue weighted by Gasteiger charge is -1.97. The number of aromatic amines is 2. The summed E-state index contributed by atoms with van der Waals surface area (Å²) in [4.78, 5) is 19.6. The van der Waals surface area contributed by atoms with Crippen molar-refractivity contribution in [1.29, 1.82) is 0 Å². The molecule has 2 N–H and O–H groups in total. The number of nitrogens with one attached hydrogen (secondary N) is 2. The van der Waals surface area contributed by atoms with Gasteiger partial charge in [-0.15, -0.1) is 5.10 Å². The van der Waals surface area contributed by atoms with Crippen LogP contribution in [0.1, 0.15) is 0 Å². The van der Waals surface area contributed by atoms with Crippen LogP contribution < -0.4 is 5.69 Å². The molecular formula is C18H12N6O. The van der Waals surface area contributed by atoms with Crippen molar-refractivity contribution in [3.05, 3.63) is 71.1 Å². The highest BCUT2D eigenvalue weighted by Crippen LogP contribution is 2.23. The van der Waals surface area contributed by atoms with Crippen LogP contribution in [-0.4, -0.2) is 29.8 Å². The Morgan fingerprint density at radius 1 is 0.960 bits per heavy atom. The predicted molar refractivity (Wildman–Crippen MR) is 94.1 cm³/mol. The van der Waals surface area contributed by atoms with Gasteiger partial charge in [0.25, 0.3) is 0 Å². The minimum absolute atomic E-state index is 0.324. The highest BCUT2D eigenvalue weighted by atomic mass is 16.1. The van der Waals surface area contributed by atoms with E-state index in [9.17, 15) is 4.79 Å². The summed E-state index contributed by atoms with van der Waals surface area (Å²) >= 11 is 0. The Labute approximate surface area is 141 Å². The van der Waals surface area contributed by atoms with Gasteiger partial charge in [-0.3, -0.25) is 5.10 Å². The molecule has 0 amide bonds. The van der Waals surface area contributed by atoms with E-state index in [1.165, 1.54) is 4.52 Å². The number of benzene rings is 2. The second-order valence-electron chi connectivity index (χ2n) is 5.68. The number of aromatic nitrogens is 6. The van der Waals surface area contributed by atoms with Crippen LogP contribution in [0.4, 0.5) is 0 Å². The third kappa shape index (κ3) is 2.13. The molecule has 3 heterocycles. The van der Waals surface area contributed by atoms with E-state index in [0.717, 1.165) is 22.2 Å². The first-order chi connectivity index (χ1) is 12.3. The number of fused-ring (bicyclic) bond motifs is 3. The van der Waals surface area contributed by atoms with Crippen molar-refractivity contribution in [2.75, 3.05) is 0 Å². The second kappa shape index (κ2) is 5.13. The predicted octanol–water partition coefficient (Wildman–Crippen LogP) is 2.63. The Morgan fingerprint density at radius 3 is 2.64 bits per heavy atom. The molecule has 7 heteroatoms. The molecule has 0 saturated heterocycles. The largest absolute Gasteiger partial charge is 0.348 e. The first-order valence-electron chi connectivity index (χ1n) is 7.78. The lowest BCUT2D eigenvalue weighted by molar-refractivity contribution is 0.882. The maximum absolute atomic E-state index is 12.2. The number of hydrogen-bond donors (Lipinski definition) is 2. The third-order valence-corrected chi connectivity index (χ3v) is 4.10. The Kier molecular flexibility index (Phi) is 2.81. The zero-order valence-corrected chi connectivity index (χ0v) is 13.0. The fourth-order valence-corrected chi connectivity index (χ4v) is 2.89. The number of para-hydroxylation sites is 1. The average Bonchev–Trinajstić information content (AvgIpc) is 3.30. The molecule has 0 unspecified atom stereocenters. The van der Waals surface area contributed by atoms with Crippen LogP contribution in [0.3, 0.4) is 0 Å². The highest BCUT2D eigenvalue weighted by molar-refractivity contribution is 5.91. The van der Waals surface area contributed by atoms with E-state index in [2.05, 4.69) is 25.3 Å². The summed E-state index contributed by atoms with van der Waals surface area (Å²) in [6.07, 6.45) is 0. The Morgan fingerprint density at radius 2 is 1.76 bits per heavy atom. The van der Waals surface area contributed by atoms with E-state index in [1.54, 1.807) is 0 Å². The third-order valence-electron chi connectivity index (χ3n) is 4.10. The van der Waals surface area contributed by atoms with Crippen molar-refractivity contribution in [3.8, 4) is 22.8 Å². The summed E-state index contributed by atoms with van der Waals surface area (Å²) in [6, 6.07) is 19.2. The van der Waals surface area contributed by atoms with Gasteiger partial charge in [0, 0.05) is 10.9 Å². The Balaban J connectivity index is 1.69. The van der Waals surface area contributed by atoms with E-state index in [1.807, 2.05) is 60.7 Å². The lowest BCUT2D eigenvalue weighted by Crippen LogP contribution is -2.17. The zero-order chi connectivity index (χ0) is 16.8. The molecule has 0 aliphatic rings. The van der Waals surface area contributed by atoms with Gasteiger partial charge in [0.05, 0.1) is 11.2 Å². The molecule has 25 heavy (non-hydrogen) atoms. The van der Waals surface area contributed by atoms with Gasteiger partial charge in [-0.2, -0.15) is 9.61 Å². The van der Waals surface area contributed by atoms with Crippen LogP contribution in [0.5, 0.6) is 0 Å². The van der Waals surface area contributed by atoms with E-state index in [-0.39, 0.29) is 5.69 Å². The summed E-state index contributed by atoms with van der Waals surface area (Å²) in [6.45, 7) is 0. The second-order valence-corrected chi connectivity index (χ2v) is 5.68. The summed E-state index contributed by atoms with van der Waals surface area (Å²) < 4.78 is 1.28. The minimum atomic E-state index is -0.324. The molecule has 5 aromatic rings. The Hall–Kier alpha value is -3.74. The van der Waals surface area contributed by atoms with E-state index in [4.69, 9.17) is 0 Å². The molecule has 120 valence electrons. The fourth-order valence-electron chi connectivity index (χ4n) is 2.89. The fraction of sp³-hybridized carbons (Fsp3) is 0. The van der Waals surface area contributed by atoms with Crippen LogP contribution in [0, 0.1) is 0 Å². The number of H-pyrrole nitrogens is 2. The first kappa shape index (κ1) is 13.7. The van der Waals surface area contributed by atoms with Gasteiger partial charge in [0.2, 0.25) is 0 Å². The van der Waals surface area contributed by atoms with Crippen molar-refractivity contribution in [3.63, 3.8) is 0 Å². The highest BCUT2D eigenvalue weighted by Gasteiger charge is 2.14. The van der Waals surface area contributed by atoms with Gasteiger partial charge in [-0.1, -0.05) is 42.5 Å². The summed E-state index contributed by atoms with van der Waals surface area (Å²) in [5.74, 6) is 0.427. The van der Waals surface area contributed by atoms with Crippen LogP contribution in [0.15, 0.2) is 65.5 Å². The van der Waals surface area contributed by atoms with Crippen molar-refractivity contribution in [1.82, 2.24) is 29.8 Å². The van der Waals surface area contributed by atoms with Crippen molar-refractivity contribution in [2.24, 2.45) is 0 Å². The molecule has 7 nitrogen and oxygen atoms in total. The molecule has 0 atom stereocenters. The quantitative estimate of drug-likeness (QED) is 0.521. The normalized spacial score (nSPS) is 11.4. The summed E-state index contributed by atoms with van der Waals surface area (Å²) in [5.41, 5.74) is 3.38. The lowest BCUT2D eigenvalue weighted by atomic mass is 10.1. The van der Waals surface area contributed by atoms with Crippen LogP contribution >= 0.6 is 0 Å². The van der Waals surface area contributed by atoms with Gasteiger partial charge in [0.1, 0.15) is 5.69 Å². The zero-order valence-electron chi connectivity index (χ0n) is 13.0. The molecule has 3 aromatic heterocycles. The first-order valence-corrected chi connectivity index (χ1v) is 7.78. The Bertz CT molecular complexity index is 1270. The SMILES string of the molecule is O=c1[nH]c2ccccc2c2nc(-c3cc(-c4ccccc4)n[nH]3)nn12. The minimum Gasteiger partial charge on any atom is -0.305 e. The molecule has 2 aromatic carbocycles. The molecule has 0 bridgehead atoms. The van der Waals surface area contributed by atoms with Crippen molar-refractivity contribution >= 4 is 16.6 Å². The van der Waals surface area contributed by atoms with Crippen molar-refractivity contribution < 1.29 is 0 Å². The smallest absolute Gasteiger partial charge is 0.305 e. The van der Waals surface area contributed by atoms with E-state index < -0.39 is 0 Å². The summed E-state index contributed by atoms with van der Waals surface area (Å²) in [5, 5.41) is 12.4. The van der Waals surface area contributed by atoms with Gasteiger partial charge in [-0.05, 0) is 18.2 Å². The van der Waals surface area contributed by atoms with Gasteiger partial charge in [-0.25, -0.2) is 9.78 Å². The topological polar surface area (TPSA) is 91.7 Å². The molecule has 0 saturated carbocycles. The monoisotopic (exact) mass is 328 g/mol. The maximum atomic E-state index is 12.2. The molecule has 0 fully saturated rings. The number of hydrogen-bond acceptors (Lipinski definition) is 4. The molecule has 0 aliphatic heterocycles. The van der Waals surface area contributed by atoms with Crippen LogP contribution in [-0.2, 0) is 0 Å². The molecule has 0 radical (unpaired) electrons. The molecule has 5 rings (SSSR count). The maximum Gasteiger partial charge on any atom is 0.348 e. The van der Waals surface area contributed by atoms with Gasteiger partial charge < -0.3 is 4.98 Å². The van der Waals surface area contributed by atoms with Crippen LogP contribution in [0.25, 0.3) is 39.3 Å². The standard InChI is InChI=1S/C18H12N6O/c25-18-19-13-9-5-4-8-12(13)17-20-16(23-24(17)18)15-10-14(21-22-15)11-6-2-1-3-7-11/h1-10H,(H,19,25)(H,21,22).